The van der Waals surface area contributed by atoms with Crippen LogP contribution in [0, 0.1) is 5.92 Å². The van der Waals surface area contributed by atoms with Crippen molar-refractivity contribution in [3.8, 4) is 0 Å². The first-order chi connectivity index (χ1) is 13.9. The van der Waals surface area contributed by atoms with Crippen LogP contribution in [0.5, 0.6) is 0 Å². The molecule has 2 heterocycles. The van der Waals surface area contributed by atoms with E-state index in [2.05, 4.69) is 22.3 Å². The van der Waals surface area contributed by atoms with Crippen molar-refractivity contribution in [2.75, 3.05) is 19.6 Å². The van der Waals surface area contributed by atoms with Crippen molar-refractivity contribution in [1.82, 2.24) is 10.2 Å². The molecule has 2 aromatic rings. The van der Waals surface area contributed by atoms with Crippen LogP contribution in [0.25, 0.3) is 0 Å². The largest absolute Gasteiger partial charge is 0.316 e. The molecular formula is C21H24Cl4N2O2S. The average Bonchev–Trinajstić information content (AvgIpc) is 2.71. The van der Waals surface area contributed by atoms with Crippen LogP contribution in [0.15, 0.2) is 41.3 Å². The van der Waals surface area contributed by atoms with Crippen LogP contribution in [0.1, 0.15) is 24.0 Å². The van der Waals surface area contributed by atoms with Crippen LogP contribution in [-0.4, -0.2) is 38.3 Å². The van der Waals surface area contributed by atoms with Gasteiger partial charge < -0.3 is 5.32 Å². The number of benzene rings is 2. The fourth-order valence-electron chi connectivity index (χ4n) is 4.46. The number of piperidine rings is 1. The van der Waals surface area contributed by atoms with Crippen LogP contribution >= 0.6 is 47.2 Å². The lowest BCUT2D eigenvalue weighted by Gasteiger charge is -2.40. The Hall–Kier alpha value is -0.530. The van der Waals surface area contributed by atoms with Gasteiger partial charge in [-0.25, -0.2) is 8.42 Å². The summed E-state index contributed by atoms with van der Waals surface area (Å²) in [6.07, 6.45) is 2.64. The van der Waals surface area contributed by atoms with Crippen molar-refractivity contribution in [2.24, 2.45) is 5.92 Å². The zero-order valence-electron chi connectivity index (χ0n) is 16.3. The van der Waals surface area contributed by atoms with E-state index in [0.29, 0.717) is 19.6 Å². The summed E-state index contributed by atoms with van der Waals surface area (Å²) in [5, 5.41) is 3.25. The topological polar surface area (TPSA) is 49.4 Å². The normalized spacial score (nSPS) is 20.8. The molecule has 2 atom stereocenters. The van der Waals surface area contributed by atoms with Gasteiger partial charge in [0.2, 0.25) is 0 Å². The van der Waals surface area contributed by atoms with Gasteiger partial charge in [0.15, 0.2) is 9.84 Å². The van der Waals surface area contributed by atoms with E-state index in [1.807, 2.05) is 12.1 Å². The second kappa shape index (κ2) is 9.95. The van der Waals surface area contributed by atoms with Crippen LogP contribution < -0.4 is 5.32 Å². The Bertz CT molecular complexity index is 1010. The van der Waals surface area contributed by atoms with Gasteiger partial charge in [-0.1, -0.05) is 59.1 Å². The Morgan fingerprint density at radius 1 is 1.03 bits per heavy atom. The summed E-state index contributed by atoms with van der Waals surface area (Å²) in [5.41, 5.74) is 2.47. The molecule has 1 N–H and O–H groups in total. The molecule has 2 unspecified atom stereocenters. The van der Waals surface area contributed by atoms with Crippen molar-refractivity contribution < 1.29 is 8.42 Å². The first kappa shape index (κ1) is 24.1. The Morgan fingerprint density at radius 2 is 1.73 bits per heavy atom. The predicted molar refractivity (Wildman–Crippen MR) is 126 cm³/mol. The standard InChI is InChI=1S/C21H23Cl3N2O2S.ClH/c22-17-10-19(24)20(11-18(17)23)29(27,28)21(15-6-3-8-25-12-15)26-9-7-14-4-1-2-5-16(14)13-26;/h1-2,4-5,10-11,15,21,25H,3,6-9,12-13H2;1H. The van der Waals surface area contributed by atoms with Gasteiger partial charge in [-0.05, 0) is 49.1 Å². The van der Waals surface area contributed by atoms with Gasteiger partial charge in [0.1, 0.15) is 5.37 Å². The smallest absolute Gasteiger partial charge is 0.196 e. The zero-order valence-corrected chi connectivity index (χ0v) is 20.2. The van der Waals surface area contributed by atoms with Gasteiger partial charge in [-0.15, -0.1) is 12.4 Å². The minimum Gasteiger partial charge on any atom is -0.316 e. The molecule has 9 heteroatoms. The molecule has 0 amide bonds. The Balaban J connectivity index is 0.00000256. The lowest BCUT2D eigenvalue weighted by atomic mass is 9.95. The van der Waals surface area contributed by atoms with Gasteiger partial charge in [-0.2, -0.15) is 0 Å². The van der Waals surface area contributed by atoms with E-state index in [9.17, 15) is 8.42 Å². The molecule has 1 saturated heterocycles. The summed E-state index contributed by atoms with van der Waals surface area (Å²) < 4.78 is 27.7. The molecule has 1 fully saturated rings. The van der Waals surface area contributed by atoms with Crippen LogP contribution in [0.2, 0.25) is 15.1 Å². The number of fused-ring (bicyclic) bond motifs is 1. The lowest BCUT2D eigenvalue weighted by Crippen LogP contribution is -2.52. The van der Waals surface area contributed by atoms with Crippen molar-refractivity contribution in [2.45, 2.75) is 36.1 Å². The van der Waals surface area contributed by atoms with Crippen LogP contribution in [0.3, 0.4) is 0 Å². The maximum absolute atomic E-state index is 13.9. The fourth-order valence-corrected chi connectivity index (χ4v) is 7.58. The molecule has 0 saturated carbocycles. The minimum absolute atomic E-state index is 0. The van der Waals surface area contributed by atoms with Gasteiger partial charge in [-0.3, -0.25) is 4.90 Å². The molecule has 2 aliphatic heterocycles. The molecule has 164 valence electrons. The number of sulfone groups is 1. The summed E-state index contributed by atoms with van der Waals surface area (Å²) >= 11 is 18.5. The summed E-state index contributed by atoms with van der Waals surface area (Å²) in [5.74, 6) is -0.0236. The highest BCUT2D eigenvalue weighted by Gasteiger charge is 2.41. The van der Waals surface area contributed by atoms with Crippen LogP contribution in [0.4, 0.5) is 0 Å². The summed E-state index contributed by atoms with van der Waals surface area (Å²) in [6, 6.07) is 11.0. The van der Waals surface area contributed by atoms with Gasteiger partial charge in [0, 0.05) is 25.6 Å². The first-order valence-corrected chi connectivity index (χ1v) is 12.5. The minimum atomic E-state index is -3.76. The van der Waals surface area contributed by atoms with Crippen molar-refractivity contribution in [1.29, 1.82) is 0 Å². The Morgan fingerprint density at radius 3 is 2.43 bits per heavy atom. The third kappa shape index (κ3) is 4.78. The SMILES string of the molecule is Cl.O=S(=O)(c1cc(Cl)c(Cl)cc1Cl)C(C1CCCNC1)N1CCc2ccccc2C1. The Kier molecular flexibility index (Phi) is 8.00. The number of hydrogen-bond acceptors (Lipinski definition) is 4. The van der Waals surface area contributed by atoms with Gasteiger partial charge in [0.25, 0.3) is 0 Å². The highest BCUT2D eigenvalue weighted by Crippen LogP contribution is 2.38. The van der Waals surface area contributed by atoms with Crippen LogP contribution in [-0.2, 0) is 22.8 Å². The molecular weight excluding hydrogens is 486 g/mol. The summed E-state index contributed by atoms with van der Waals surface area (Å²) in [7, 11) is -3.76. The van der Waals surface area contributed by atoms with E-state index in [0.717, 1.165) is 25.8 Å². The Labute approximate surface area is 199 Å². The third-order valence-corrected chi connectivity index (χ3v) is 9.27. The lowest BCUT2D eigenvalue weighted by molar-refractivity contribution is 0.162. The van der Waals surface area contributed by atoms with Gasteiger partial charge >= 0.3 is 0 Å². The molecule has 2 aliphatic rings. The monoisotopic (exact) mass is 508 g/mol. The number of hydrogen-bond donors (Lipinski definition) is 1. The number of rotatable bonds is 4. The maximum atomic E-state index is 13.9. The second-order valence-electron chi connectivity index (χ2n) is 7.73. The molecule has 2 aromatic carbocycles. The molecule has 0 radical (unpaired) electrons. The molecule has 0 bridgehead atoms. The molecule has 4 rings (SSSR count). The highest BCUT2D eigenvalue weighted by molar-refractivity contribution is 7.92. The van der Waals surface area contributed by atoms with E-state index >= 15 is 0 Å². The number of nitrogens with one attached hydrogen (secondary N) is 1. The molecule has 0 spiro atoms. The molecule has 0 aliphatic carbocycles. The van der Waals surface area contributed by atoms with Crippen molar-refractivity contribution >= 4 is 57.0 Å². The molecule has 0 aromatic heterocycles. The highest BCUT2D eigenvalue weighted by atomic mass is 35.5. The van der Waals surface area contributed by atoms with E-state index in [1.54, 1.807) is 0 Å². The fraction of sp³-hybridized carbons (Fsp3) is 0.429. The summed E-state index contributed by atoms with van der Waals surface area (Å²) in [6.45, 7) is 2.88. The summed E-state index contributed by atoms with van der Waals surface area (Å²) in [4.78, 5) is 2.15. The van der Waals surface area contributed by atoms with E-state index in [4.69, 9.17) is 34.8 Å². The zero-order chi connectivity index (χ0) is 20.6. The first-order valence-electron chi connectivity index (χ1n) is 9.78. The van der Waals surface area contributed by atoms with E-state index in [1.165, 1.54) is 23.3 Å². The molecule has 4 nitrogen and oxygen atoms in total. The quantitative estimate of drug-likeness (QED) is 0.573. The predicted octanol–water partition coefficient (Wildman–Crippen LogP) is 5.23. The molecule has 30 heavy (non-hydrogen) atoms. The van der Waals surface area contributed by atoms with Gasteiger partial charge in [0.05, 0.1) is 20.0 Å². The van der Waals surface area contributed by atoms with E-state index < -0.39 is 15.2 Å². The second-order valence-corrected chi connectivity index (χ2v) is 11.0. The number of halogens is 4. The van der Waals surface area contributed by atoms with Crippen molar-refractivity contribution in [3.63, 3.8) is 0 Å². The third-order valence-electron chi connectivity index (χ3n) is 5.86. The maximum Gasteiger partial charge on any atom is 0.196 e. The van der Waals surface area contributed by atoms with Crippen molar-refractivity contribution in [3.05, 3.63) is 62.6 Å². The average molecular weight is 510 g/mol. The number of nitrogens with zero attached hydrogens (tertiary/aromatic N) is 1. The van der Waals surface area contributed by atoms with E-state index in [-0.39, 0.29) is 38.3 Å².